The van der Waals surface area contributed by atoms with Gasteiger partial charge in [0.2, 0.25) is 5.79 Å². The van der Waals surface area contributed by atoms with Crippen molar-refractivity contribution in [2.24, 2.45) is 5.92 Å². The van der Waals surface area contributed by atoms with Crippen LogP contribution in [0.4, 0.5) is 0 Å². The number of aliphatic hydroxyl groups excluding tert-OH is 1. The monoisotopic (exact) mass is 392 g/mol. The molecule has 0 bridgehead atoms. The molecule has 1 aromatic rings. The summed E-state index contributed by atoms with van der Waals surface area (Å²) in [5.41, 5.74) is 1.92. The Morgan fingerprint density at radius 2 is 1.46 bits per heavy atom. The summed E-state index contributed by atoms with van der Waals surface area (Å²) < 4.78 is 5.67. The second-order valence-electron chi connectivity index (χ2n) is 8.60. The van der Waals surface area contributed by atoms with Gasteiger partial charge in [-0.1, -0.05) is 103 Å². The molecule has 0 saturated heterocycles. The Morgan fingerprint density at radius 3 is 2.07 bits per heavy atom. The van der Waals surface area contributed by atoms with Gasteiger partial charge in [-0.05, 0) is 30.7 Å². The Hall–Kier alpha value is -0.900. The van der Waals surface area contributed by atoms with Crippen molar-refractivity contribution < 1.29 is 14.9 Å². The molecule has 0 spiro atoms. The van der Waals surface area contributed by atoms with Gasteiger partial charge < -0.3 is 14.9 Å². The first-order valence-corrected chi connectivity index (χ1v) is 11.6. The number of hydrogen-bond acceptors (Lipinski definition) is 3. The van der Waals surface area contributed by atoms with Crippen molar-refractivity contribution in [2.75, 3.05) is 13.2 Å². The summed E-state index contributed by atoms with van der Waals surface area (Å²) in [6.07, 6.45) is 14.5. The van der Waals surface area contributed by atoms with Crippen LogP contribution < -0.4 is 0 Å². The summed E-state index contributed by atoms with van der Waals surface area (Å²) in [4.78, 5) is 0. The SMILES string of the molecule is CCCCCCCCCOC(O)(CO)c1ccc(CCCCCC(C)C)cc1. The number of aliphatic hydroxyl groups is 2. The Morgan fingerprint density at radius 1 is 0.857 bits per heavy atom. The van der Waals surface area contributed by atoms with Crippen LogP contribution in [0.1, 0.15) is 103 Å². The molecule has 0 aliphatic heterocycles. The van der Waals surface area contributed by atoms with E-state index in [1.54, 1.807) is 0 Å². The molecular formula is C25H44O3. The highest BCUT2D eigenvalue weighted by molar-refractivity contribution is 5.26. The van der Waals surface area contributed by atoms with E-state index < -0.39 is 12.4 Å². The maximum Gasteiger partial charge on any atom is 0.216 e. The topological polar surface area (TPSA) is 49.7 Å². The third kappa shape index (κ3) is 10.6. The van der Waals surface area contributed by atoms with E-state index in [0.717, 1.165) is 25.2 Å². The molecule has 0 saturated carbocycles. The largest absolute Gasteiger partial charge is 0.390 e. The molecule has 1 atom stereocenters. The first-order valence-electron chi connectivity index (χ1n) is 11.6. The van der Waals surface area contributed by atoms with Crippen LogP contribution in [0.5, 0.6) is 0 Å². The van der Waals surface area contributed by atoms with Crippen LogP contribution >= 0.6 is 0 Å². The average molecular weight is 393 g/mol. The Labute approximate surface area is 173 Å². The third-order valence-electron chi connectivity index (χ3n) is 5.45. The van der Waals surface area contributed by atoms with Gasteiger partial charge in [-0.2, -0.15) is 0 Å². The zero-order chi connectivity index (χ0) is 20.7. The van der Waals surface area contributed by atoms with Crippen molar-refractivity contribution in [3.63, 3.8) is 0 Å². The summed E-state index contributed by atoms with van der Waals surface area (Å²) in [5.74, 6) is -0.797. The molecular weight excluding hydrogens is 348 g/mol. The molecule has 0 aromatic heterocycles. The molecule has 162 valence electrons. The predicted octanol–water partition coefficient (Wildman–Crippen LogP) is 6.35. The minimum Gasteiger partial charge on any atom is -0.390 e. The molecule has 0 radical (unpaired) electrons. The van der Waals surface area contributed by atoms with Crippen LogP contribution in [0.3, 0.4) is 0 Å². The fourth-order valence-corrected chi connectivity index (χ4v) is 3.51. The predicted molar refractivity (Wildman–Crippen MR) is 118 cm³/mol. The maximum atomic E-state index is 10.7. The quantitative estimate of drug-likeness (QED) is 0.240. The molecule has 0 amide bonds. The summed E-state index contributed by atoms with van der Waals surface area (Å²) in [6, 6.07) is 7.89. The lowest BCUT2D eigenvalue weighted by molar-refractivity contribution is -0.233. The van der Waals surface area contributed by atoms with E-state index in [1.165, 1.54) is 63.4 Å². The smallest absolute Gasteiger partial charge is 0.216 e. The highest BCUT2D eigenvalue weighted by atomic mass is 16.6. The van der Waals surface area contributed by atoms with Crippen molar-refractivity contribution in [2.45, 2.75) is 104 Å². The van der Waals surface area contributed by atoms with E-state index >= 15 is 0 Å². The summed E-state index contributed by atoms with van der Waals surface area (Å²) in [7, 11) is 0. The molecule has 28 heavy (non-hydrogen) atoms. The van der Waals surface area contributed by atoms with Crippen LogP contribution in [-0.2, 0) is 16.9 Å². The minimum absolute atomic E-state index is 0.419. The van der Waals surface area contributed by atoms with Gasteiger partial charge in [0.1, 0.15) is 6.61 Å². The second kappa shape index (κ2) is 15.0. The van der Waals surface area contributed by atoms with Crippen LogP contribution in [0.15, 0.2) is 24.3 Å². The molecule has 0 aliphatic carbocycles. The lowest BCUT2D eigenvalue weighted by atomic mass is 10.00. The number of benzene rings is 1. The second-order valence-corrected chi connectivity index (χ2v) is 8.60. The molecule has 3 heteroatoms. The van der Waals surface area contributed by atoms with Crippen LogP contribution in [-0.4, -0.2) is 23.4 Å². The van der Waals surface area contributed by atoms with Crippen LogP contribution in [0.25, 0.3) is 0 Å². The molecule has 0 heterocycles. The summed E-state index contributed by atoms with van der Waals surface area (Å²) >= 11 is 0. The molecule has 1 aromatic carbocycles. The Kier molecular flexibility index (Phi) is 13.5. The number of rotatable bonds is 17. The standard InChI is InChI=1S/C25H44O3/c1-4-5-6-7-8-9-13-20-28-25(27,21-26)24-18-16-23(17-19-24)15-12-10-11-14-22(2)3/h16-19,22,26-27H,4-15,20-21H2,1-3H3. The van der Waals surface area contributed by atoms with Gasteiger partial charge in [0, 0.05) is 5.56 Å². The fraction of sp³-hybridized carbons (Fsp3) is 0.760. The van der Waals surface area contributed by atoms with E-state index in [9.17, 15) is 10.2 Å². The number of ether oxygens (including phenoxy) is 1. The zero-order valence-electron chi connectivity index (χ0n) is 18.6. The van der Waals surface area contributed by atoms with Gasteiger partial charge in [0.15, 0.2) is 0 Å². The highest BCUT2D eigenvalue weighted by Crippen LogP contribution is 2.24. The molecule has 3 nitrogen and oxygen atoms in total. The van der Waals surface area contributed by atoms with E-state index in [1.807, 2.05) is 12.1 Å². The van der Waals surface area contributed by atoms with Gasteiger partial charge in [0.05, 0.1) is 6.61 Å². The molecule has 1 rings (SSSR count). The molecule has 0 fully saturated rings. The van der Waals surface area contributed by atoms with Crippen molar-refractivity contribution >= 4 is 0 Å². The van der Waals surface area contributed by atoms with Crippen molar-refractivity contribution in [1.29, 1.82) is 0 Å². The van der Waals surface area contributed by atoms with E-state index in [0.29, 0.717) is 12.2 Å². The van der Waals surface area contributed by atoms with Gasteiger partial charge in [-0.3, -0.25) is 0 Å². The van der Waals surface area contributed by atoms with E-state index in [-0.39, 0.29) is 0 Å². The first-order chi connectivity index (χ1) is 13.5. The third-order valence-corrected chi connectivity index (χ3v) is 5.45. The van der Waals surface area contributed by atoms with Crippen molar-refractivity contribution in [3.8, 4) is 0 Å². The first kappa shape index (κ1) is 25.1. The van der Waals surface area contributed by atoms with E-state index in [2.05, 4.69) is 32.9 Å². The van der Waals surface area contributed by atoms with Gasteiger partial charge in [-0.15, -0.1) is 0 Å². The average Bonchev–Trinajstić information content (AvgIpc) is 2.69. The minimum atomic E-state index is -1.59. The fourth-order valence-electron chi connectivity index (χ4n) is 3.51. The molecule has 2 N–H and O–H groups in total. The van der Waals surface area contributed by atoms with Gasteiger partial charge in [0.25, 0.3) is 0 Å². The lowest BCUT2D eigenvalue weighted by Crippen LogP contribution is -2.34. The number of aryl methyl sites for hydroxylation is 1. The van der Waals surface area contributed by atoms with Gasteiger partial charge >= 0.3 is 0 Å². The normalized spacial score (nSPS) is 13.8. The van der Waals surface area contributed by atoms with E-state index in [4.69, 9.17) is 4.74 Å². The van der Waals surface area contributed by atoms with Crippen molar-refractivity contribution in [1.82, 2.24) is 0 Å². The van der Waals surface area contributed by atoms with Gasteiger partial charge in [-0.25, -0.2) is 0 Å². The zero-order valence-corrected chi connectivity index (χ0v) is 18.6. The van der Waals surface area contributed by atoms with Crippen LogP contribution in [0, 0.1) is 5.92 Å². The number of unbranched alkanes of at least 4 members (excludes halogenated alkanes) is 8. The maximum absolute atomic E-state index is 10.7. The molecule has 0 aliphatic rings. The van der Waals surface area contributed by atoms with Crippen molar-refractivity contribution in [3.05, 3.63) is 35.4 Å². The lowest BCUT2D eigenvalue weighted by Gasteiger charge is -2.27. The number of hydrogen-bond donors (Lipinski definition) is 2. The highest BCUT2D eigenvalue weighted by Gasteiger charge is 2.29. The van der Waals surface area contributed by atoms with Crippen LogP contribution in [0.2, 0.25) is 0 Å². The Bertz CT molecular complexity index is 483. The summed E-state index contributed by atoms with van der Waals surface area (Å²) in [6.45, 7) is 6.83. The Balaban J connectivity index is 2.33. The molecule has 1 unspecified atom stereocenters. The summed E-state index contributed by atoms with van der Waals surface area (Å²) in [5, 5.41) is 20.4.